The smallest absolute Gasteiger partial charge is 0.301 e. The summed E-state index contributed by atoms with van der Waals surface area (Å²) in [6.07, 6.45) is 3.46. The maximum atomic E-state index is 13.7. The lowest BCUT2D eigenvalue weighted by atomic mass is 9.96. The number of hydrogen-bond acceptors (Lipinski definition) is 9. The molecule has 1 saturated heterocycles. The van der Waals surface area contributed by atoms with E-state index < -0.39 is 17.7 Å². The summed E-state index contributed by atoms with van der Waals surface area (Å²) in [4.78, 5) is 33.3. The average Bonchev–Trinajstić information content (AvgIpc) is 3.71. The molecule has 1 N–H and O–H groups in total. The summed E-state index contributed by atoms with van der Waals surface area (Å²) in [6.45, 7) is 7.69. The number of rotatable bonds is 9. The van der Waals surface area contributed by atoms with E-state index in [2.05, 4.69) is 21.8 Å². The third kappa shape index (κ3) is 5.84. The topological polar surface area (TPSA) is 110 Å². The maximum Gasteiger partial charge on any atom is 0.301 e. The molecule has 45 heavy (non-hydrogen) atoms. The van der Waals surface area contributed by atoms with Crippen molar-refractivity contribution < 1.29 is 19.4 Å². The molecule has 1 amide bonds. The first kappa shape index (κ1) is 30.8. The van der Waals surface area contributed by atoms with E-state index in [0.717, 1.165) is 22.5 Å². The Kier molecular flexibility index (Phi) is 8.69. The number of aliphatic hydroxyl groups is 1. The molecule has 6 rings (SSSR count). The number of imidazole rings is 1. The number of Topliss-reactive ketones (excluding diaryl/α,β-unsaturated/α-hetero) is 1. The largest absolute Gasteiger partial charge is 0.505 e. The molecule has 1 fully saturated rings. The maximum absolute atomic E-state index is 13.7. The number of ketones is 1. The van der Waals surface area contributed by atoms with Crippen molar-refractivity contribution in [1.82, 2.24) is 19.6 Å². The molecule has 9 nitrogen and oxygen atoms in total. The first-order chi connectivity index (χ1) is 21.7. The lowest BCUT2D eigenvalue weighted by Crippen LogP contribution is -2.29. The molecule has 0 radical (unpaired) electrons. The number of aromatic nitrogens is 4. The van der Waals surface area contributed by atoms with Crippen LogP contribution < -0.4 is 9.64 Å². The second-order valence-corrected chi connectivity index (χ2v) is 13.2. The molecule has 1 aliphatic rings. The van der Waals surface area contributed by atoms with Crippen molar-refractivity contribution in [3.8, 4) is 5.75 Å². The van der Waals surface area contributed by atoms with E-state index in [1.54, 1.807) is 49.4 Å². The lowest BCUT2D eigenvalue weighted by Gasteiger charge is -2.22. The van der Waals surface area contributed by atoms with Crippen LogP contribution in [0.15, 0.2) is 83.4 Å². The number of thioether (sulfide) groups is 1. The number of aryl methyl sites for hydroxylation is 2. The van der Waals surface area contributed by atoms with E-state index in [4.69, 9.17) is 27.9 Å². The highest BCUT2D eigenvalue weighted by Gasteiger charge is 2.49. The zero-order valence-electron chi connectivity index (χ0n) is 24.0. The zero-order valence-corrected chi connectivity index (χ0v) is 27.2. The molecule has 1 atom stereocenters. The molecule has 3 aromatic heterocycles. The zero-order chi connectivity index (χ0) is 31.8. The molecule has 4 heterocycles. The Balaban J connectivity index is 1.42. The van der Waals surface area contributed by atoms with Crippen LogP contribution in [-0.2, 0) is 15.3 Å². The molecule has 13 heteroatoms. The number of amides is 1. The predicted molar refractivity (Wildman–Crippen MR) is 178 cm³/mol. The SMILES string of the molecule is C=CCOc1ccc(C2/C(=C(\O)c3nc4c(C)cccn4c3C)C(=O)C(=O)N2c2nnc(SCc3ccc(Cl)cc3Cl)s2)cc1. The van der Waals surface area contributed by atoms with Crippen molar-refractivity contribution in [1.29, 1.82) is 0 Å². The fraction of sp³-hybridized carbons (Fsp3) is 0.156. The number of halogens is 2. The van der Waals surface area contributed by atoms with Gasteiger partial charge < -0.3 is 14.2 Å². The first-order valence-corrected chi connectivity index (χ1v) is 16.2. The van der Waals surface area contributed by atoms with Gasteiger partial charge in [0, 0.05) is 22.0 Å². The number of fused-ring (bicyclic) bond motifs is 1. The van der Waals surface area contributed by atoms with Gasteiger partial charge in [-0.2, -0.15) is 0 Å². The highest BCUT2D eigenvalue weighted by molar-refractivity contribution is 8.00. The number of ether oxygens (including phenoxy) is 1. The van der Waals surface area contributed by atoms with E-state index in [0.29, 0.717) is 49.4 Å². The number of aliphatic hydroxyl groups excluding tert-OH is 1. The third-order valence-corrected chi connectivity index (χ3v) is 9.98. The van der Waals surface area contributed by atoms with Gasteiger partial charge in [0.15, 0.2) is 10.1 Å². The second-order valence-electron chi connectivity index (χ2n) is 10.1. The van der Waals surface area contributed by atoms with Gasteiger partial charge in [0.1, 0.15) is 23.7 Å². The van der Waals surface area contributed by atoms with Crippen molar-refractivity contribution in [3.63, 3.8) is 0 Å². The van der Waals surface area contributed by atoms with Crippen LogP contribution in [0.3, 0.4) is 0 Å². The normalized spacial score (nSPS) is 16.1. The van der Waals surface area contributed by atoms with Crippen LogP contribution in [0.25, 0.3) is 11.4 Å². The second kappa shape index (κ2) is 12.7. The summed E-state index contributed by atoms with van der Waals surface area (Å²) in [5.41, 5.74) is 3.70. The van der Waals surface area contributed by atoms with Gasteiger partial charge in [-0.1, -0.05) is 83.2 Å². The minimum absolute atomic E-state index is 0.0960. The van der Waals surface area contributed by atoms with Crippen molar-refractivity contribution >= 4 is 74.5 Å². The van der Waals surface area contributed by atoms with Gasteiger partial charge >= 0.3 is 5.91 Å². The number of pyridine rings is 1. The van der Waals surface area contributed by atoms with E-state index in [9.17, 15) is 14.7 Å². The van der Waals surface area contributed by atoms with Crippen LogP contribution in [0, 0.1) is 13.8 Å². The van der Waals surface area contributed by atoms with Crippen LogP contribution in [0.5, 0.6) is 5.75 Å². The van der Waals surface area contributed by atoms with Crippen molar-refractivity contribution in [2.45, 2.75) is 30.0 Å². The summed E-state index contributed by atoms with van der Waals surface area (Å²) < 4.78 is 8.03. The minimum atomic E-state index is -1.000. The number of nitrogens with zero attached hydrogens (tertiary/aromatic N) is 5. The summed E-state index contributed by atoms with van der Waals surface area (Å²) in [7, 11) is 0. The molecule has 0 bridgehead atoms. The summed E-state index contributed by atoms with van der Waals surface area (Å²) >= 11 is 14.9. The van der Waals surface area contributed by atoms with Crippen LogP contribution in [0.1, 0.15) is 34.1 Å². The summed E-state index contributed by atoms with van der Waals surface area (Å²) in [6, 6.07) is 15.0. The van der Waals surface area contributed by atoms with Gasteiger partial charge in [-0.05, 0) is 60.9 Å². The van der Waals surface area contributed by atoms with Crippen molar-refractivity contribution in [2.75, 3.05) is 11.5 Å². The lowest BCUT2D eigenvalue weighted by molar-refractivity contribution is -0.132. The summed E-state index contributed by atoms with van der Waals surface area (Å²) in [5.74, 6) is -0.983. The highest BCUT2D eigenvalue weighted by atomic mass is 35.5. The molecule has 1 unspecified atom stereocenters. The van der Waals surface area contributed by atoms with E-state index in [1.807, 2.05) is 35.7 Å². The number of hydrogen-bond donors (Lipinski definition) is 1. The Morgan fingerprint density at radius 3 is 2.62 bits per heavy atom. The molecule has 2 aromatic carbocycles. The molecule has 1 aliphatic heterocycles. The van der Waals surface area contributed by atoms with E-state index in [-0.39, 0.29) is 22.2 Å². The van der Waals surface area contributed by atoms with E-state index in [1.165, 1.54) is 16.7 Å². The third-order valence-electron chi connectivity index (χ3n) is 7.28. The monoisotopic (exact) mass is 677 g/mol. The highest BCUT2D eigenvalue weighted by Crippen LogP contribution is 2.44. The van der Waals surface area contributed by atoms with Crippen molar-refractivity contribution in [3.05, 3.63) is 117 Å². The fourth-order valence-corrected chi connectivity index (χ4v) is 7.48. The Morgan fingerprint density at radius 2 is 1.91 bits per heavy atom. The predicted octanol–water partition coefficient (Wildman–Crippen LogP) is 7.59. The molecule has 5 aromatic rings. The van der Waals surface area contributed by atoms with Gasteiger partial charge in [-0.25, -0.2) is 4.98 Å². The Morgan fingerprint density at radius 1 is 1.13 bits per heavy atom. The fourth-order valence-electron chi connectivity index (χ4n) is 5.06. The number of benzene rings is 2. The van der Waals surface area contributed by atoms with Crippen LogP contribution >= 0.6 is 46.3 Å². The Labute approximate surface area is 276 Å². The standard InChI is InChI=1S/C32H25Cl2N5O4S2/c1-4-14-43-22-11-8-19(9-12-22)26-24(27(40)25-18(3)38-13-5-6-17(2)29(38)35-25)28(41)30(42)39(26)31-36-37-32(45-31)44-16-20-7-10-21(33)15-23(20)34/h4-13,15,26,40H,1,14,16H2,2-3H3/b27-24+. The van der Waals surface area contributed by atoms with E-state index >= 15 is 0 Å². The Bertz CT molecular complexity index is 2000. The van der Waals surface area contributed by atoms with Gasteiger partial charge in [0.2, 0.25) is 5.13 Å². The van der Waals surface area contributed by atoms with Crippen molar-refractivity contribution in [2.24, 2.45) is 0 Å². The number of anilines is 1. The van der Waals surface area contributed by atoms with Gasteiger partial charge in [-0.3, -0.25) is 14.5 Å². The molecule has 0 aliphatic carbocycles. The average molecular weight is 679 g/mol. The van der Waals surface area contributed by atoms with Gasteiger partial charge in [-0.15, -0.1) is 10.2 Å². The molecule has 0 spiro atoms. The van der Waals surface area contributed by atoms with Crippen LogP contribution in [0.4, 0.5) is 5.13 Å². The van der Waals surface area contributed by atoms with Crippen LogP contribution in [-0.4, -0.2) is 43.0 Å². The number of carbonyl (C=O) groups is 2. The molecular weight excluding hydrogens is 653 g/mol. The molecule has 0 saturated carbocycles. The molecule has 228 valence electrons. The Hall–Kier alpha value is -4.16. The summed E-state index contributed by atoms with van der Waals surface area (Å²) in [5, 5.41) is 21.6. The first-order valence-electron chi connectivity index (χ1n) is 13.7. The quantitative estimate of drug-likeness (QED) is 0.0424. The number of carbonyl (C=O) groups excluding carboxylic acids is 2. The molecular formula is C32H25Cl2N5O4S2. The van der Waals surface area contributed by atoms with Gasteiger partial charge in [0.25, 0.3) is 5.78 Å². The minimum Gasteiger partial charge on any atom is -0.505 e. The van der Waals surface area contributed by atoms with Gasteiger partial charge in [0.05, 0.1) is 17.3 Å². The van der Waals surface area contributed by atoms with Crippen LogP contribution in [0.2, 0.25) is 10.0 Å².